The van der Waals surface area contributed by atoms with Crippen molar-refractivity contribution in [2.75, 3.05) is 11.1 Å². The van der Waals surface area contributed by atoms with Gasteiger partial charge in [-0.3, -0.25) is 9.59 Å². The normalized spacial score (nSPS) is 10.3. The van der Waals surface area contributed by atoms with Gasteiger partial charge in [0.1, 0.15) is 0 Å². The molecule has 1 N–H and O–H groups in total. The van der Waals surface area contributed by atoms with Gasteiger partial charge in [0.15, 0.2) is 5.78 Å². The Kier molecular flexibility index (Phi) is 5.89. The number of halogens is 2. The third-order valence-electron chi connectivity index (χ3n) is 2.84. The first-order chi connectivity index (χ1) is 10.5. The molecule has 0 unspecified atom stereocenters. The number of amides is 1. The first kappa shape index (κ1) is 16.9. The Bertz CT molecular complexity index is 682. The molecule has 2 aromatic rings. The van der Waals surface area contributed by atoms with Crippen LogP contribution in [0.2, 0.25) is 10.0 Å². The van der Waals surface area contributed by atoms with E-state index in [9.17, 15) is 9.59 Å². The van der Waals surface area contributed by atoms with Crippen molar-refractivity contribution in [2.45, 2.75) is 11.8 Å². The number of ketones is 1. The molecule has 0 radical (unpaired) electrons. The number of carbonyl (C=O) groups is 2. The van der Waals surface area contributed by atoms with Crippen LogP contribution in [0.3, 0.4) is 0 Å². The van der Waals surface area contributed by atoms with E-state index >= 15 is 0 Å². The largest absolute Gasteiger partial charge is 0.325 e. The number of thioether (sulfide) groups is 1. The molecule has 0 bridgehead atoms. The minimum atomic E-state index is -0.170. The van der Waals surface area contributed by atoms with E-state index in [0.717, 1.165) is 0 Å². The molecule has 0 aliphatic heterocycles. The first-order valence-corrected chi connectivity index (χ1v) is 8.19. The molecule has 0 aliphatic carbocycles. The number of rotatable bonds is 5. The van der Waals surface area contributed by atoms with Crippen molar-refractivity contribution in [3.63, 3.8) is 0 Å². The fourth-order valence-electron chi connectivity index (χ4n) is 1.74. The summed E-state index contributed by atoms with van der Waals surface area (Å²) < 4.78 is 0. The average molecular weight is 354 g/mol. The van der Waals surface area contributed by atoms with Gasteiger partial charge in [-0.05, 0) is 43.3 Å². The summed E-state index contributed by atoms with van der Waals surface area (Å²) in [5.74, 6) is 0.0103. The minimum absolute atomic E-state index is 0.0122. The van der Waals surface area contributed by atoms with Crippen LogP contribution in [0.1, 0.15) is 17.3 Å². The molecule has 0 heterocycles. The number of benzene rings is 2. The zero-order chi connectivity index (χ0) is 16.1. The summed E-state index contributed by atoms with van der Waals surface area (Å²) in [5, 5.41) is 3.81. The maximum absolute atomic E-state index is 11.9. The fourth-order valence-corrected chi connectivity index (χ4v) is 3.23. The Morgan fingerprint density at radius 3 is 2.18 bits per heavy atom. The van der Waals surface area contributed by atoms with Crippen LogP contribution in [-0.4, -0.2) is 17.4 Å². The third-order valence-corrected chi connectivity index (χ3v) is 4.83. The molecular weight excluding hydrogens is 341 g/mol. The molecule has 0 atom stereocenters. The molecule has 2 aromatic carbocycles. The molecular formula is C16H13Cl2NO2S. The van der Waals surface area contributed by atoms with Gasteiger partial charge >= 0.3 is 0 Å². The maximum Gasteiger partial charge on any atom is 0.234 e. The lowest BCUT2D eigenvalue weighted by molar-refractivity contribution is -0.113. The van der Waals surface area contributed by atoms with Gasteiger partial charge < -0.3 is 5.32 Å². The summed E-state index contributed by atoms with van der Waals surface area (Å²) in [5.41, 5.74) is 1.25. The van der Waals surface area contributed by atoms with Crippen LogP contribution < -0.4 is 5.32 Å². The van der Waals surface area contributed by atoms with Crippen LogP contribution in [-0.2, 0) is 4.79 Å². The number of hydrogen-bond donors (Lipinski definition) is 1. The van der Waals surface area contributed by atoms with Crippen molar-refractivity contribution in [1.29, 1.82) is 0 Å². The lowest BCUT2D eigenvalue weighted by Gasteiger charge is -2.08. The quantitative estimate of drug-likeness (QED) is 0.612. The minimum Gasteiger partial charge on any atom is -0.325 e. The van der Waals surface area contributed by atoms with Crippen LogP contribution in [0.4, 0.5) is 5.69 Å². The maximum atomic E-state index is 11.9. The third kappa shape index (κ3) is 4.50. The van der Waals surface area contributed by atoms with E-state index in [1.165, 1.54) is 18.7 Å². The van der Waals surface area contributed by atoms with Crippen molar-refractivity contribution < 1.29 is 9.59 Å². The predicted molar refractivity (Wildman–Crippen MR) is 92.3 cm³/mol. The second kappa shape index (κ2) is 7.68. The van der Waals surface area contributed by atoms with Gasteiger partial charge in [-0.1, -0.05) is 29.3 Å². The van der Waals surface area contributed by atoms with E-state index in [1.54, 1.807) is 42.5 Å². The second-order valence-electron chi connectivity index (χ2n) is 4.52. The molecule has 0 aliphatic rings. The van der Waals surface area contributed by atoms with E-state index in [0.29, 0.717) is 26.2 Å². The Morgan fingerprint density at radius 1 is 1.05 bits per heavy atom. The van der Waals surface area contributed by atoms with Gasteiger partial charge in [0, 0.05) is 16.1 Å². The highest BCUT2D eigenvalue weighted by Crippen LogP contribution is 2.33. The van der Waals surface area contributed by atoms with Crippen molar-refractivity contribution in [2.24, 2.45) is 0 Å². The van der Waals surface area contributed by atoms with Crippen molar-refractivity contribution in [3.8, 4) is 0 Å². The first-order valence-electron chi connectivity index (χ1n) is 6.45. The molecule has 0 aromatic heterocycles. The topological polar surface area (TPSA) is 46.2 Å². The Hall–Kier alpha value is -1.49. The highest BCUT2D eigenvalue weighted by Gasteiger charge is 2.09. The fraction of sp³-hybridized carbons (Fsp3) is 0.125. The Morgan fingerprint density at radius 2 is 1.64 bits per heavy atom. The summed E-state index contributed by atoms with van der Waals surface area (Å²) >= 11 is 13.4. The molecule has 0 fully saturated rings. The number of hydrogen-bond acceptors (Lipinski definition) is 3. The summed E-state index contributed by atoms with van der Waals surface area (Å²) in [4.78, 5) is 23.8. The number of Topliss-reactive ketones (excluding diaryl/α,β-unsaturated/α-hetero) is 1. The van der Waals surface area contributed by atoms with Crippen LogP contribution in [0.5, 0.6) is 0 Å². The molecule has 0 saturated carbocycles. The van der Waals surface area contributed by atoms with Crippen LogP contribution in [0.25, 0.3) is 0 Å². The molecule has 1 amide bonds. The molecule has 0 saturated heterocycles. The van der Waals surface area contributed by atoms with Gasteiger partial charge in [0.2, 0.25) is 5.91 Å². The van der Waals surface area contributed by atoms with Gasteiger partial charge in [-0.25, -0.2) is 0 Å². The zero-order valence-corrected chi connectivity index (χ0v) is 14.1. The van der Waals surface area contributed by atoms with Gasteiger partial charge in [-0.15, -0.1) is 11.8 Å². The van der Waals surface area contributed by atoms with Crippen molar-refractivity contribution >= 4 is 52.3 Å². The van der Waals surface area contributed by atoms with E-state index in [4.69, 9.17) is 23.2 Å². The number of anilines is 1. The summed E-state index contributed by atoms with van der Waals surface area (Å²) in [6.07, 6.45) is 0. The van der Waals surface area contributed by atoms with Crippen LogP contribution in [0.15, 0.2) is 47.4 Å². The summed E-state index contributed by atoms with van der Waals surface area (Å²) in [7, 11) is 0. The van der Waals surface area contributed by atoms with E-state index in [2.05, 4.69) is 5.32 Å². The predicted octanol–water partition coefficient (Wildman–Crippen LogP) is 4.93. The molecule has 3 nitrogen and oxygen atoms in total. The highest BCUT2D eigenvalue weighted by molar-refractivity contribution is 8.00. The Labute approximate surface area is 143 Å². The average Bonchev–Trinajstić information content (AvgIpc) is 2.47. The zero-order valence-electron chi connectivity index (χ0n) is 11.7. The number of carbonyl (C=O) groups excluding carboxylic acids is 2. The lowest BCUT2D eigenvalue weighted by Crippen LogP contribution is -2.14. The molecule has 114 valence electrons. The molecule has 6 heteroatoms. The van der Waals surface area contributed by atoms with Crippen LogP contribution in [0, 0.1) is 0 Å². The van der Waals surface area contributed by atoms with Gasteiger partial charge in [0.25, 0.3) is 0 Å². The standard InChI is InChI=1S/C16H13Cl2NO2S/c1-10(20)11-5-7-12(8-6-11)19-15(21)9-22-16-13(17)3-2-4-14(16)18/h2-8H,9H2,1H3,(H,19,21). The number of nitrogens with one attached hydrogen (secondary N) is 1. The monoisotopic (exact) mass is 353 g/mol. The molecule has 2 rings (SSSR count). The van der Waals surface area contributed by atoms with E-state index in [-0.39, 0.29) is 17.4 Å². The molecule has 0 spiro atoms. The lowest BCUT2D eigenvalue weighted by atomic mass is 10.1. The Balaban J connectivity index is 1.94. The van der Waals surface area contributed by atoms with Crippen molar-refractivity contribution in [3.05, 3.63) is 58.1 Å². The summed E-state index contributed by atoms with van der Waals surface area (Å²) in [6.45, 7) is 1.50. The molecule has 22 heavy (non-hydrogen) atoms. The smallest absolute Gasteiger partial charge is 0.234 e. The SMILES string of the molecule is CC(=O)c1ccc(NC(=O)CSc2c(Cl)cccc2Cl)cc1. The van der Waals surface area contributed by atoms with Gasteiger partial charge in [0.05, 0.1) is 15.8 Å². The van der Waals surface area contributed by atoms with E-state index in [1.807, 2.05) is 0 Å². The second-order valence-corrected chi connectivity index (χ2v) is 6.32. The van der Waals surface area contributed by atoms with Gasteiger partial charge in [-0.2, -0.15) is 0 Å². The van der Waals surface area contributed by atoms with Crippen LogP contribution >= 0.6 is 35.0 Å². The van der Waals surface area contributed by atoms with E-state index < -0.39 is 0 Å². The summed E-state index contributed by atoms with van der Waals surface area (Å²) in [6, 6.07) is 12.0. The highest BCUT2D eigenvalue weighted by atomic mass is 35.5. The van der Waals surface area contributed by atoms with Crippen molar-refractivity contribution in [1.82, 2.24) is 0 Å².